The molecule has 2 unspecified atom stereocenters. The average Bonchev–Trinajstić information content (AvgIpc) is 2.71. The van der Waals surface area contributed by atoms with Gasteiger partial charge >= 0.3 is 0 Å². The molecule has 1 aromatic heterocycles. The number of aliphatic hydroxyl groups excluding tert-OH is 1. The summed E-state index contributed by atoms with van der Waals surface area (Å²) < 4.78 is 0. The van der Waals surface area contributed by atoms with Crippen LogP contribution in [0.25, 0.3) is 0 Å². The number of rotatable bonds is 2. The summed E-state index contributed by atoms with van der Waals surface area (Å²) in [5.41, 5.74) is 0. The molecule has 88 valence electrons. The van der Waals surface area contributed by atoms with E-state index in [1.54, 1.807) is 13.1 Å². The molecule has 0 radical (unpaired) electrons. The van der Waals surface area contributed by atoms with E-state index in [1.165, 1.54) is 11.3 Å². The number of nitrogens with one attached hydrogen (secondary N) is 1. The standard InChI is InChI=1S/C10H15N3O2S/c1-6-9(15)11-3-4-13(6)10-12-5-8(16-10)7(2)14/h5-7,14H,3-4H2,1-2H3,(H,11,15). The van der Waals surface area contributed by atoms with Gasteiger partial charge in [0.1, 0.15) is 6.04 Å². The third-order valence-corrected chi connectivity index (χ3v) is 3.87. The molecule has 6 heteroatoms. The van der Waals surface area contributed by atoms with Crippen molar-refractivity contribution in [3.63, 3.8) is 0 Å². The van der Waals surface area contributed by atoms with Crippen LogP contribution in [0.3, 0.4) is 0 Å². The van der Waals surface area contributed by atoms with Gasteiger partial charge in [-0.25, -0.2) is 4.98 Å². The molecule has 0 aliphatic carbocycles. The first-order valence-corrected chi connectivity index (χ1v) is 6.09. The Hall–Kier alpha value is -1.14. The Labute approximate surface area is 98.1 Å². The Morgan fingerprint density at radius 3 is 3.12 bits per heavy atom. The van der Waals surface area contributed by atoms with Crippen molar-refractivity contribution in [2.24, 2.45) is 0 Å². The van der Waals surface area contributed by atoms with Gasteiger partial charge in [-0.2, -0.15) is 0 Å². The third-order valence-electron chi connectivity index (χ3n) is 2.67. The zero-order valence-corrected chi connectivity index (χ0v) is 10.1. The molecular weight excluding hydrogens is 226 g/mol. The van der Waals surface area contributed by atoms with Gasteiger partial charge in [-0.05, 0) is 13.8 Å². The molecule has 0 spiro atoms. The normalized spacial score (nSPS) is 23.1. The highest BCUT2D eigenvalue weighted by molar-refractivity contribution is 7.15. The maximum absolute atomic E-state index is 11.5. The average molecular weight is 241 g/mol. The first-order valence-electron chi connectivity index (χ1n) is 5.27. The summed E-state index contributed by atoms with van der Waals surface area (Å²) in [7, 11) is 0. The molecule has 1 fully saturated rings. The van der Waals surface area contributed by atoms with Crippen molar-refractivity contribution in [2.45, 2.75) is 26.0 Å². The van der Waals surface area contributed by atoms with E-state index in [2.05, 4.69) is 10.3 Å². The predicted molar refractivity (Wildman–Crippen MR) is 62.6 cm³/mol. The Morgan fingerprint density at radius 2 is 2.50 bits per heavy atom. The fourth-order valence-corrected chi connectivity index (χ4v) is 2.61. The van der Waals surface area contributed by atoms with E-state index in [0.717, 1.165) is 16.6 Å². The number of hydrogen-bond acceptors (Lipinski definition) is 5. The first kappa shape index (κ1) is 11.3. The molecule has 1 aliphatic heterocycles. The lowest BCUT2D eigenvalue weighted by molar-refractivity contribution is -0.122. The van der Waals surface area contributed by atoms with Crippen molar-refractivity contribution >= 4 is 22.4 Å². The summed E-state index contributed by atoms with van der Waals surface area (Å²) in [5.74, 6) is 0.0278. The van der Waals surface area contributed by atoms with Crippen LogP contribution in [0.4, 0.5) is 5.13 Å². The van der Waals surface area contributed by atoms with E-state index in [1.807, 2.05) is 11.8 Å². The van der Waals surface area contributed by atoms with Gasteiger partial charge in [-0.15, -0.1) is 0 Å². The lowest BCUT2D eigenvalue weighted by Gasteiger charge is -2.32. The highest BCUT2D eigenvalue weighted by Crippen LogP contribution is 2.28. The fraction of sp³-hybridized carbons (Fsp3) is 0.600. The topological polar surface area (TPSA) is 65.5 Å². The van der Waals surface area contributed by atoms with E-state index in [0.29, 0.717) is 6.54 Å². The molecule has 2 N–H and O–H groups in total. The van der Waals surface area contributed by atoms with Gasteiger partial charge in [-0.3, -0.25) is 4.79 Å². The van der Waals surface area contributed by atoms with E-state index in [-0.39, 0.29) is 11.9 Å². The van der Waals surface area contributed by atoms with Gasteiger partial charge in [0, 0.05) is 19.3 Å². The minimum Gasteiger partial charge on any atom is -0.388 e. The van der Waals surface area contributed by atoms with Gasteiger partial charge in [0.15, 0.2) is 5.13 Å². The number of anilines is 1. The molecule has 0 aromatic carbocycles. The van der Waals surface area contributed by atoms with Crippen molar-refractivity contribution in [1.29, 1.82) is 0 Å². The molecule has 1 saturated heterocycles. The lowest BCUT2D eigenvalue weighted by atomic mass is 10.2. The molecule has 1 aromatic rings. The van der Waals surface area contributed by atoms with Crippen LogP contribution in [0.15, 0.2) is 6.20 Å². The van der Waals surface area contributed by atoms with Crippen LogP contribution in [-0.2, 0) is 4.79 Å². The molecule has 2 rings (SSSR count). The van der Waals surface area contributed by atoms with E-state index >= 15 is 0 Å². The van der Waals surface area contributed by atoms with Gasteiger partial charge in [0.2, 0.25) is 5.91 Å². The van der Waals surface area contributed by atoms with Crippen molar-refractivity contribution in [2.75, 3.05) is 18.0 Å². The number of aliphatic hydroxyl groups is 1. The van der Waals surface area contributed by atoms with E-state index in [9.17, 15) is 9.90 Å². The zero-order valence-electron chi connectivity index (χ0n) is 9.30. The molecule has 1 aliphatic rings. The SMILES string of the molecule is CC(O)c1cnc(N2CCNC(=O)C2C)s1. The van der Waals surface area contributed by atoms with Crippen LogP contribution >= 0.6 is 11.3 Å². The molecule has 2 atom stereocenters. The smallest absolute Gasteiger partial charge is 0.242 e. The minimum absolute atomic E-state index is 0.0278. The second-order valence-electron chi connectivity index (χ2n) is 3.88. The predicted octanol–water partition coefficient (Wildman–Crippen LogP) is 0.521. The van der Waals surface area contributed by atoms with Crippen molar-refractivity contribution in [3.05, 3.63) is 11.1 Å². The van der Waals surface area contributed by atoms with E-state index < -0.39 is 6.10 Å². The Morgan fingerprint density at radius 1 is 1.75 bits per heavy atom. The first-order chi connectivity index (χ1) is 7.59. The Balaban J connectivity index is 2.19. The fourth-order valence-electron chi connectivity index (χ4n) is 1.65. The Kier molecular flexibility index (Phi) is 3.11. The van der Waals surface area contributed by atoms with Crippen LogP contribution in [-0.4, -0.2) is 35.1 Å². The number of piperazine rings is 1. The van der Waals surface area contributed by atoms with Crippen molar-refractivity contribution in [3.8, 4) is 0 Å². The summed E-state index contributed by atoms with van der Waals surface area (Å²) in [6.45, 7) is 4.98. The molecule has 1 amide bonds. The number of carbonyl (C=O) groups is 1. The quantitative estimate of drug-likeness (QED) is 0.792. The second kappa shape index (κ2) is 4.39. The molecular formula is C10H15N3O2S. The maximum atomic E-state index is 11.5. The minimum atomic E-state index is -0.500. The summed E-state index contributed by atoms with van der Waals surface area (Å²) in [5, 5.41) is 13.0. The number of aromatic nitrogens is 1. The monoisotopic (exact) mass is 241 g/mol. The zero-order chi connectivity index (χ0) is 11.7. The number of carbonyl (C=O) groups excluding carboxylic acids is 1. The molecule has 2 heterocycles. The number of nitrogens with zero attached hydrogens (tertiary/aromatic N) is 2. The summed E-state index contributed by atoms with van der Waals surface area (Å²) in [4.78, 5) is 18.5. The number of amides is 1. The van der Waals surface area contributed by atoms with Crippen LogP contribution in [0.2, 0.25) is 0 Å². The van der Waals surface area contributed by atoms with Crippen LogP contribution in [0.1, 0.15) is 24.8 Å². The highest BCUT2D eigenvalue weighted by atomic mass is 32.1. The van der Waals surface area contributed by atoms with Crippen LogP contribution in [0, 0.1) is 0 Å². The summed E-state index contributed by atoms with van der Waals surface area (Å²) >= 11 is 1.44. The molecule has 0 bridgehead atoms. The van der Waals surface area contributed by atoms with E-state index in [4.69, 9.17) is 0 Å². The molecule has 5 nitrogen and oxygen atoms in total. The number of thiazole rings is 1. The van der Waals surface area contributed by atoms with Gasteiger partial charge in [0.05, 0.1) is 11.0 Å². The van der Waals surface area contributed by atoms with Gasteiger partial charge < -0.3 is 15.3 Å². The summed E-state index contributed by atoms with van der Waals surface area (Å²) in [6.07, 6.45) is 1.17. The van der Waals surface area contributed by atoms with Crippen LogP contribution in [0.5, 0.6) is 0 Å². The van der Waals surface area contributed by atoms with Crippen molar-refractivity contribution < 1.29 is 9.90 Å². The summed E-state index contributed by atoms with van der Waals surface area (Å²) in [6, 6.07) is -0.193. The Bertz CT molecular complexity index is 391. The second-order valence-corrected chi connectivity index (χ2v) is 4.92. The van der Waals surface area contributed by atoms with Crippen molar-refractivity contribution in [1.82, 2.24) is 10.3 Å². The highest BCUT2D eigenvalue weighted by Gasteiger charge is 2.27. The van der Waals surface area contributed by atoms with Gasteiger partial charge in [0.25, 0.3) is 0 Å². The largest absolute Gasteiger partial charge is 0.388 e. The number of hydrogen-bond donors (Lipinski definition) is 2. The van der Waals surface area contributed by atoms with Crippen LogP contribution < -0.4 is 10.2 Å². The third kappa shape index (κ3) is 2.03. The lowest BCUT2D eigenvalue weighted by Crippen LogP contribution is -2.54. The maximum Gasteiger partial charge on any atom is 0.242 e. The van der Waals surface area contributed by atoms with Gasteiger partial charge in [-0.1, -0.05) is 11.3 Å². The molecule has 16 heavy (non-hydrogen) atoms. The molecule has 0 saturated carbocycles.